The maximum atomic E-state index is 16.2. The van der Waals surface area contributed by atoms with Crippen molar-refractivity contribution in [3.8, 4) is 0 Å². The van der Waals surface area contributed by atoms with Crippen LogP contribution in [0.1, 0.15) is 19.4 Å². The lowest BCUT2D eigenvalue weighted by Gasteiger charge is -2.27. The van der Waals surface area contributed by atoms with E-state index in [4.69, 9.17) is 48.5 Å². The van der Waals surface area contributed by atoms with Crippen LogP contribution < -0.4 is 11.5 Å². The molecule has 23 nitrogen and oxygen atoms in total. The lowest BCUT2D eigenvalue weighted by atomic mass is 10.1. The molecule has 0 spiro atoms. The van der Waals surface area contributed by atoms with E-state index >= 15 is 4.39 Å². The van der Waals surface area contributed by atoms with Gasteiger partial charge in [-0.15, -0.1) is 0 Å². The molecule has 4 aromatic heterocycles. The second-order valence-corrected chi connectivity index (χ2v) is 16.3. The largest absolute Gasteiger partial charge is 0.509 e. The molecule has 3 saturated heterocycles. The molecule has 6 N–H and O–H groups in total. The summed E-state index contributed by atoms with van der Waals surface area (Å²) in [6, 6.07) is 0. The average molecular weight is 779 g/mol. The zero-order valence-electron chi connectivity index (χ0n) is 26.1. The van der Waals surface area contributed by atoms with Gasteiger partial charge < -0.3 is 40.4 Å². The van der Waals surface area contributed by atoms with Gasteiger partial charge in [-0.25, -0.2) is 48.2 Å². The minimum absolute atomic E-state index is 0.000323. The summed E-state index contributed by atoms with van der Waals surface area (Å²) in [7, 11) is -5.15. The molecule has 276 valence electrons. The summed E-state index contributed by atoms with van der Waals surface area (Å²) in [5.74, 6) is -0.617. The number of halogens is 1. The molecule has 0 aromatic carbocycles. The number of phosphoric ester groups is 1. The topological polar surface area (TPSA) is 305 Å². The van der Waals surface area contributed by atoms with E-state index < -0.39 is 89.1 Å². The highest BCUT2D eigenvalue weighted by Crippen LogP contribution is 2.64. The Morgan fingerprint density at radius 2 is 1.53 bits per heavy atom. The minimum atomic E-state index is -5.15. The van der Waals surface area contributed by atoms with Crippen molar-refractivity contribution >= 4 is 66.1 Å². The quantitative estimate of drug-likeness (QED) is 0.121. The highest BCUT2D eigenvalue weighted by Gasteiger charge is 2.54. The number of nitrogens with two attached hydrogens (primary N) is 2. The number of alkyl halides is 1. The number of rotatable bonds is 6. The molecule has 0 saturated carbocycles. The maximum Gasteiger partial charge on any atom is 0.509 e. The number of hydrogen-bond donors (Lipinski definition) is 4. The third-order valence-corrected chi connectivity index (χ3v) is 12.2. The van der Waals surface area contributed by atoms with Gasteiger partial charge in [0.25, 0.3) is 0 Å². The molecule has 0 aliphatic carbocycles. The number of ether oxygens (including phenoxy) is 4. The first-order valence-electron chi connectivity index (χ1n) is 14.9. The van der Waals surface area contributed by atoms with Crippen LogP contribution in [0.3, 0.4) is 0 Å². The van der Waals surface area contributed by atoms with Crippen molar-refractivity contribution in [1.29, 1.82) is 0 Å². The molecule has 3 aliphatic rings. The standard InChI is InChI=1S/C24H29FN10O13P2S/c1-2-41-24(37)42-9-51-50(40)44-4-11-16(12(25)22(46-11)34-7-32-13-18(26)28-5-30-20(13)34)47-49(38,39)43-3-10-15(36)17(48-50)23(45-10)35-8-33-14-19(27)29-6-31-21(14)35/h5-8,10-12,15-17,22-23,36H,2-4,9H2,1H3,(H,38,39)(H2,26,28,30)(H2,27,29,31)/t10-,11-,12?,15?,16?,17?,22-,23-,50?/m1/s1. The number of aromatic nitrogens is 8. The molecule has 7 heterocycles. The van der Waals surface area contributed by atoms with Crippen molar-refractivity contribution in [2.45, 2.75) is 56.1 Å². The molecule has 27 heteroatoms. The summed E-state index contributed by atoms with van der Waals surface area (Å²) in [5, 5.41) is 11.4. The molecule has 0 radical (unpaired) electrons. The van der Waals surface area contributed by atoms with Gasteiger partial charge in [0.1, 0.15) is 54.2 Å². The van der Waals surface area contributed by atoms with Crippen molar-refractivity contribution in [2.75, 3.05) is 37.2 Å². The summed E-state index contributed by atoms with van der Waals surface area (Å²) < 4.78 is 90.1. The zero-order chi connectivity index (χ0) is 36.1. The smallest absolute Gasteiger partial charge is 0.435 e. The third-order valence-electron chi connectivity index (χ3n) is 7.86. The summed E-state index contributed by atoms with van der Waals surface area (Å²) in [6.07, 6.45) is -9.73. The number of nitrogens with zero attached hydrogens (tertiary/aromatic N) is 8. The number of aliphatic hydroxyl groups excluding tert-OH is 1. The molecule has 10 atom stereocenters. The molecule has 3 fully saturated rings. The molecule has 51 heavy (non-hydrogen) atoms. The number of carbonyl (C=O) groups excluding carboxylic acids is 1. The first kappa shape index (κ1) is 35.8. The zero-order valence-corrected chi connectivity index (χ0v) is 28.7. The van der Waals surface area contributed by atoms with Crippen molar-refractivity contribution < 1.29 is 65.4 Å². The van der Waals surface area contributed by atoms with E-state index in [1.165, 1.54) is 21.8 Å². The van der Waals surface area contributed by atoms with Crippen LogP contribution in [-0.4, -0.2) is 118 Å². The number of anilines is 2. The van der Waals surface area contributed by atoms with Gasteiger partial charge in [0.15, 0.2) is 47.5 Å². The van der Waals surface area contributed by atoms with Crippen LogP contribution in [0.5, 0.6) is 0 Å². The average Bonchev–Trinajstić information content (AvgIpc) is 3.85. The number of fused-ring (bicyclic) bond motifs is 5. The first-order chi connectivity index (χ1) is 24.4. The lowest BCUT2D eigenvalue weighted by Crippen LogP contribution is -2.35. The van der Waals surface area contributed by atoms with Crippen molar-refractivity contribution in [1.82, 2.24) is 39.0 Å². The molecule has 6 unspecified atom stereocenters. The fourth-order valence-electron chi connectivity index (χ4n) is 5.55. The van der Waals surface area contributed by atoms with Gasteiger partial charge in [-0.1, -0.05) is 0 Å². The van der Waals surface area contributed by atoms with E-state index in [9.17, 15) is 23.9 Å². The van der Waals surface area contributed by atoms with Crippen molar-refractivity contribution in [3.63, 3.8) is 0 Å². The Balaban J connectivity index is 1.23. The number of imidazole rings is 2. The Labute approximate surface area is 288 Å². The monoisotopic (exact) mass is 778 g/mol. The van der Waals surface area contributed by atoms with E-state index in [1.807, 2.05) is 0 Å². The van der Waals surface area contributed by atoms with Gasteiger partial charge in [-0.2, -0.15) is 0 Å². The van der Waals surface area contributed by atoms with Crippen LogP contribution in [0.2, 0.25) is 0 Å². The van der Waals surface area contributed by atoms with Crippen LogP contribution in [-0.2, 0) is 46.2 Å². The maximum absolute atomic E-state index is 16.2. The van der Waals surface area contributed by atoms with Crippen molar-refractivity contribution in [3.05, 3.63) is 25.3 Å². The molecule has 3 aliphatic heterocycles. The SMILES string of the molecule is CCOC(=O)OCSP1(=O)OC[C@H]2O[C@@H](n3cnc4c(N)ncnc43)C(F)C2OP(=O)(O)OC[C@H]2O[C@@H](n3cnc4c(N)ncnc43)C(O1)C2O. The van der Waals surface area contributed by atoms with Crippen LogP contribution in [0.25, 0.3) is 22.3 Å². The summed E-state index contributed by atoms with van der Waals surface area (Å²) in [4.78, 5) is 46.9. The van der Waals surface area contributed by atoms with E-state index in [0.29, 0.717) is 11.4 Å². The van der Waals surface area contributed by atoms with Crippen LogP contribution >= 0.6 is 26.0 Å². The van der Waals surface area contributed by atoms with Gasteiger partial charge >= 0.3 is 20.8 Å². The fraction of sp³-hybridized carbons (Fsp3) is 0.542. The second kappa shape index (κ2) is 14.1. The first-order valence-corrected chi connectivity index (χ1v) is 19.5. The molecule has 7 rings (SSSR count). The van der Waals surface area contributed by atoms with Crippen LogP contribution in [0, 0.1) is 0 Å². The Kier molecular flexibility index (Phi) is 9.88. The second-order valence-electron chi connectivity index (χ2n) is 11.0. The predicted molar refractivity (Wildman–Crippen MR) is 168 cm³/mol. The van der Waals surface area contributed by atoms with Gasteiger partial charge in [-0.3, -0.25) is 27.2 Å². The van der Waals surface area contributed by atoms with Crippen molar-refractivity contribution in [2.24, 2.45) is 0 Å². The van der Waals surface area contributed by atoms with Crippen LogP contribution in [0.15, 0.2) is 25.3 Å². The van der Waals surface area contributed by atoms with E-state index in [1.54, 1.807) is 6.92 Å². The highest BCUT2D eigenvalue weighted by atomic mass is 32.7. The number of carbonyl (C=O) groups is 1. The van der Waals surface area contributed by atoms with Gasteiger partial charge in [0.05, 0.1) is 32.5 Å². The predicted octanol–water partition coefficient (Wildman–Crippen LogP) is 1.21. The minimum Gasteiger partial charge on any atom is -0.435 e. The molecular formula is C24H29FN10O13P2S. The third kappa shape index (κ3) is 6.99. The van der Waals surface area contributed by atoms with Gasteiger partial charge in [0, 0.05) is 11.4 Å². The summed E-state index contributed by atoms with van der Waals surface area (Å²) in [6.45, 7) is -4.68. The Morgan fingerprint density at radius 1 is 0.922 bits per heavy atom. The van der Waals surface area contributed by atoms with E-state index in [0.717, 1.165) is 12.7 Å². The molecular weight excluding hydrogens is 749 g/mol. The Hall–Kier alpha value is -3.61. The normalized spacial score (nSPS) is 34.4. The Bertz CT molecular complexity index is 2030. The van der Waals surface area contributed by atoms with Gasteiger partial charge in [0.2, 0.25) is 0 Å². The highest BCUT2D eigenvalue weighted by molar-refractivity contribution is 8.55. The summed E-state index contributed by atoms with van der Waals surface area (Å²) in [5.41, 5.74) is 12.3. The van der Waals surface area contributed by atoms with Crippen LogP contribution in [0.4, 0.5) is 20.8 Å². The molecule has 4 aromatic rings. The Morgan fingerprint density at radius 3 is 2.18 bits per heavy atom. The number of phosphoric acid groups is 1. The number of nitrogen functional groups attached to an aromatic ring is 2. The van der Waals surface area contributed by atoms with Gasteiger partial charge in [-0.05, 0) is 6.92 Å². The van der Waals surface area contributed by atoms with E-state index in [2.05, 4.69) is 29.9 Å². The molecule has 0 amide bonds. The number of aliphatic hydroxyl groups is 1. The molecule has 2 bridgehead atoms. The lowest BCUT2D eigenvalue weighted by molar-refractivity contribution is -0.0619. The summed E-state index contributed by atoms with van der Waals surface area (Å²) >= 11 is 0.371. The van der Waals surface area contributed by atoms with E-state index in [-0.39, 0.29) is 40.6 Å². The fourth-order valence-corrected chi connectivity index (χ4v) is 9.27. The number of hydrogen-bond acceptors (Lipinski definition) is 21.